The smallest absolute Gasteiger partial charge is 0.351 e. The van der Waals surface area contributed by atoms with Crippen molar-refractivity contribution in [3.8, 4) is 11.1 Å². The number of halogens is 3. The van der Waals surface area contributed by atoms with Crippen molar-refractivity contribution in [2.45, 2.75) is 50.5 Å². The van der Waals surface area contributed by atoms with Gasteiger partial charge >= 0.3 is 6.18 Å². The van der Waals surface area contributed by atoms with Crippen molar-refractivity contribution in [2.75, 3.05) is 5.32 Å². The van der Waals surface area contributed by atoms with Gasteiger partial charge in [-0.25, -0.2) is 9.97 Å². The van der Waals surface area contributed by atoms with Gasteiger partial charge in [0.1, 0.15) is 0 Å². The summed E-state index contributed by atoms with van der Waals surface area (Å²) < 4.78 is 38.8. The first-order valence-electron chi connectivity index (χ1n) is 12.6. The molecule has 11 heteroatoms. The standard InChI is InChI=1S/C28H26F3N5O2S/c29-28(30,31)19-7-5-17(6-8-19)23-4-2-1-3-18(23)16-33-20-9-11-21(12-10-20)34-26-32-14-13-22(35-26)15-24-25(37)36-27(38)39-24/h1-8,13-15,20-21,33H,9-12,16H2,(H,32,34,35)(H,36,37,38). The predicted octanol–water partition coefficient (Wildman–Crippen LogP) is 6.00. The lowest BCUT2D eigenvalue weighted by Gasteiger charge is -2.30. The van der Waals surface area contributed by atoms with Crippen LogP contribution in [0.5, 0.6) is 0 Å². The second-order valence-corrected chi connectivity index (χ2v) is 10.5. The Balaban J connectivity index is 1.14. The van der Waals surface area contributed by atoms with Crippen LogP contribution >= 0.6 is 11.8 Å². The average Bonchev–Trinajstić information content (AvgIpc) is 3.24. The third-order valence-electron chi connectivity index (χ3n) is 6.78. The second-order valence-electron chi connectivity index (χ2n) is 9.46. The Morgan fingerprint density at radius 2 is 1.69 bits per heavy atom. The van der Waals surface area contributed by atoms with E-state index in [9.17, 15) is 22.8 Å². The lowest BCUT2D eigenvalue weighted by atomic mass is 9.90. The molecule has 0 atom stereocenters. The molecule has 3 N–H and O–H groups in total. The van der Waals surface area contributed by atoms with Crippen LogP contribution < -0.4 is 16.0 Å². The lowest BCUT2D eigenvalue weighted by Crippen LogP contribution is -2.37. The summed E-state index contributed by atoms with van der Waals surface area (Å²) >= 11 is 0.847. The summed E-state index contributed by atoms with van der Waals surface area (Å²) in [6.45, 7) is 0.619. The molecule has 1 saturated heterocycles. The van der Waals surface area contributed by atoms with E-state index >= 15 is 0 Å². The number of amides is 2. The van der Waals surface area contributed by atoms with Crippen LogP contribution in [0.25, 0.3) is 17.2 Å². The Kier molecular flexibility index (Phi) is 7.99. The minimum atomic E-state index is -4.35. The maximum absolute atomic E-state index is 12.9. The van der Waals surface area contributed by atoms with Gasteiger partial charge in [0.15, 0.2) is 0 Å². The van der Waals surface area contributed by atoms with Crippen LogP contribution in [0.1, 0.15) is 42.5 Å². The number of thioether (sulfide) groups is 1. The van der Waals surface area contributed by atoms with Crippen LogP contribution in [-0.4, -0.2) is 33.2 Å². The number of alkyl halides is 3. The molecule has 1 aliphatic heterocycles. The van der Waals surface area contributed by atoms with Gasteiger partial charge in [0, 0.05) is 24.8 Å². The Hall–Kier alpha value is -3.70. The highest BCUT2D eigenvalue weighted by Crippen LogP contribution is 2.32. The minimum Gasteiger partial charge on any atom is -0.351 e. The van der Waals surface area contributed by atoms with Crippen molar-refractivity contribution >= 4 is 34.9 Å². The molecule has 1 aliphatic carbocycles. The van der Waals surface area contributed by atoms with Crippen molar-refractivity contribution < 1.29 is 22.8 Å². The molecule has 2 heterocycles. The van der Waals surface area contributed by atoms with Gasteiger partial charge < -0.3 is 10.6 Å². The number of aromatic nitrogens is 2. The molecule has 39 heavy (non-hydrogen) atoms. The Morgan fingerprint density at radius 1 is 0.974 bits per heavy atom. The summed E-state index contributed by atoms with van der Waals surface area (Å²) in [7, 11) is 0. The van der Waals surface area contributed by atoms with Crippen molar-refractivity contribution in [3.05, 3.63) is 82.5 Å². The number of nitrogens with zero attached hydrogens (tertiary/aromatic N) is 2. The topological polar surface area (TPSA) is 96.0 Å². The zero-order valence-corrected chi connectivity index (χ0v) is 21.6. The minimum absolute atomic E-state index is 0.205. The first-order valence-corrected chi connectivity index (χ1v) is 13.4. The van der Waals surface area contributed by atoms with E-state index in [1.54, 1.807) is 18.3 Å². The molecular formula is C28H26F3N5O2S. The maximum Gasteiger partial charge on any atom is 0.416 e. The highest BCUT2D eigenvalue weighted by Gasteiger charge is 2.30. The van der Waals surface area contributed by atoms with Gasteiger partial charge in [0.2, 0.25) is 5.95 Å². The monoisotopic (exact) mass is 553 g/mol. The number of imide groups is 1. The zero-order chi connectivity index (χ0) is 27.4. The number of rotatable bonds is 7. The molecule has 7 nitrogen and oxygen atoms in total. The molecule has 0 spiro atoms. The number of anilines is 1. The van der Waals surface area contributed by atoms with Crippen LogP contribution in [0, 0.1) is 0 Å². The summed E-state index contributed by atoms with van der Waals surface area (Å²) in [4.78, 5) is 32.2. The molecular weight excluding hydrogens is 527 g/mol. The van der Waals surface area contributed by atoms with E-state index in [4.69, 9.17) is 0 Å². The van der Waals surface area contributed by atoms with Crippen LogP contribution in [0.15, 0.2) is 65.7 Å². The van der Waals surface area contributed by atoms with E-state index in [2.05, 4.69) is 25.9 Å². The Bertz CT molecular complexity index is 1390. The van der Waals surface area contributed by atoms with E-state index in [1.807, 2.05) is 24.3 Å². The van der Waals surface area contributed by atoms with E-state index in [-0.39, 0.29) is 6.04 Å². The lowest BCUT2D eigenvalue weighted by molar-refractivity contribution is -0.137. The summed E-state index contributed by atoms with van der Waals surface area (Å²) in [6, 6.07) is 15.2. The van der Waals surface area contributed by atoms with Crippen molar-refractivity contribution in [3.63, 3.8) is 0 Å². The fourth-order valence-corrected chi connectivity index (χ4v) is 5.42. The zero-order valence-electron chi connectivity index (χ0n) is 20.8. The van der Waals surface area contributed by atoms with Gasteiger partial charge in [-0.3, -0.25) is 14.9 Å². The second kappa shape index (κ2) is 11.6. The summed E-state index contributed by atoms with van der Waals surface area (Å²) in [5.74, 6) is 0.0480. The van der Waals surface area contributed by atoms with Crippen LogP contribution in [0.4, 0.5) is 23.9 Å². The Morgan fingerprint density at radius 3 is 2.38 bits per heavy atom. The number of nitrogens with one attached hydrogen (secondary N) is 3. The van der Waals surface area contributed by atoms with Gasteiger partial charge in [0.25, 0.3) is 11.1 Å². The normalized spacial score (nSPS) is 20.7. The molecule has 1 saturated carbocycles. The molecule has 5 rings (SSSR count). The fourth-order valence-electron chi connectivity index (χ4n) is 4.75. The first kappa shape index (κ1) is 26.9. The molecule has 0 unspecified atom stereocenters. The number of benzene rings is 2. The fraction of sp³-hybridized carbons (Fsp3) is 0.286. The van der Waals surface area contributed by atoms with E-state index in [0.717, 1.165) is 66.3 Å². The molecule has 0 bridgehead atoms. The Labute approximate surface area is 227 Å². The molecule has 2 aliphatic rings. The van der Waals surface area contributed by atoms with Gasteiger partial charge in [-0.15, -0.1) is 0 Å². The first-order chi connectivity index (χ1) is 18.7. The molecule has 1 aromatic heterocycles. The van der Waals surface area contributed by atoms with Crippen molar-refractivity contribution in [2.24, 2.45) is 0 Å². The largest absolute Gasteiger partial charge is 0.416 e. The van der Waals surface area contributed by atoms with Crippen molar-refractivity contribution in [1.29, 1.82) is 0 Å². The molecule has 2 amide bonds. The third-order valence-corrected chi connectivity index (χ3v) is 7.59. The summed E-state index contributed by atoms with van der Waals surface area (Å²) in [5, 5.41) is 8.81. The maximum atomic E-state index is 12.9. The highest BCUT2D eigenvalue weighted by atomic mass is 32.2. The molecule has 202 valence electrons. The highest BCUT2D eigenvalue weighted by molar-refractivity contribution is 8.18. The quantitative estimate of drug-likeness (QED) is 0.309. The number of carbonyl (C=O) groups is 2. The molecule has 3 aromatic rings. The van der Waals surface area contributed by atoms with E-state index < -0.39 is 22.9 Å². The van der Waals surface area contributed by atoms with Gasteiger partial charge in [0.05, 0.1) is 16.2 Å². The van der Waals surface area contributed by atoms with Crippen LogP contribution in [0.2, 0.25) is 0 Å². The van der Waals surface area contributed by atoms with Gasteiger partial charge in [-0.2, -0.15) is 13.2 Å². The van der Waals surface area contributed by atoms with Gasteiger partial charge in [-0.1, -0.05) is 36.4 Å². The van der Waals surface area contributed by atoms with E-state index in [0.29, 0.717) is 29.1 Å². The predicted molar refractivity (Wildman–Crippen MR) is 145 cm³/mol. The van der Waals surface area contributed by atoms with Crippen LogP contribution in [0.3, 0.4) is 0 Å². The van der Waals surface area contributed by atoms with Crippen LogP contribution in [-0.2, 0) is 17.5 Å². The summed E-state index contributed by atoms with van der Waals surface area (Å²) in [5.41, 5.74) is 2.59. The number of carbonyl (C=O) groups excluding carboxylic acids is 2. The SMILES string of the molecule is O=C1NC(=O)C(=Cc2ccnc(NC3CCC(NCc4ccccc4-c4ccc(C(F)(F)F)cc4)CC3)n2)S1. The molecule has 2 aromatic carbocycles. The van der Waals surface area contributed by atoms with E-state index in [1.165, 1.54) is 12.1 Å². The number of hydrogen-bond acceptors (Lipinski definition) is 7. The van der Waals surface area contributed by atoms with Crippen molar-refractivity contribution in [1.82, 2.24) is 20.6 Å². The van der Waals surface area contributed by atoms with Gasteiger partial charge in [-0.05, 0) is 78.4 Å². The summed E-state index contributed by atoms with van der Waals surface area (Å²) in [6.07, 6.45) is 2.56. The molecule has 2 fully saturated rings. The third kappa shape index (κ3) is 6.85. The molecule has 0 radical (unpaired) electrons. The number of hydrogen-bond donors (Lipinski definition) is 3. The average molecular weight is 554 g/mol.